The van der Waals surface area contributed by atoms with Crippen LogP contribution in [0.3, 0.4) is 0 Å². The average molecular weight is 250 g/mol. The van der Waals surface area contributed by atoms with Gasteiger partial charge < -0.3 is 5.32 Å². The van der Waals surface area contributed by atoms with E-state index in [0.29, 0.717) is 0 Å². The second-order valence-electron chi connectivity index (χ2n) is 4.78. The topological polar surface area (TPSA) is 24.9 Å². The van der Waals surface area contributed by atoms with E-state index in [1.54, 1.807) is 5.57 Å². The zero-order chi connectivity index (χ0) is 12.1. The van der Waals surface area contributed by atoms with Gasteiger partial charge in [0.2, 0.25) is 0 Å². The summed E-state index contributed by atoms with van der Waals surface area (Å²) in [6.45, 7) is 6.24. The highest BCUT2D eigenvalue weighted by atomic mass is 32.1. The van der Waals surface area contributed by atoms with Crippen molar-refractivity contribution in [3.63, 3.8) is 0 Å². The first kappa shape index (κ1) is 12.8. The van der Waals surface area contributed by atoms with Gasteiger partial charge in [-0.25, -0.2) is 4.98 Å². The minimum Gasteiger partial charge on any atom is -0.310 e. The van der Waals surface area contributed by atoms with Crippen LogP contribution < -0.4 is 5.32 Å². The molecule has 0 saturated heterocycles. The van der Waals surface area contributed by atoms with Crippen LogP contribution in [0.4, 0.5) is 0 Å². The van der Waals surface area contributed by atoms with Gasteiger partial charge in [-0.3, -0.25) is 0 Å². The molecule has 0 spiro atoms. The van der Waals surface area contributed by atoms with Crippen LogP contribution in [0.15, 0.2) is 11.6 Å². The van der Waals surface area contributed by atoms with Crippen LogP contribution in [0, 0.1) is 13.8 Å². The molecule has 0 saturated carbocycles. The highest BCUT2D eigenvalue weighted by molar-refractivity contribution is 7.11. The summed E-state index contributed by atoms with van der Waals surface area (Å²) in [7, 11) is 0. The molecule has 0 radical (unpaired) electrons. The first-order chi connectivity index (χ1) is 8.25. The SMILES string of the molecule is Cc1nc(CNCCC2=CCCCC2)sc1C. The summed E-state index contributed by atoms with van der Waals surface area (Å²) in [6, 6.07) is 0. The Morgan fingerprint density at radius 1 is 1.35 bits per heavy atom. The molecule has 2 nitrogen and oxygen atoms in total. The molecule has 0 aliphatic heterocycles. The third-order valence-electron chi connectivity index (χ3n) is 3.36. The van der Waals surface area contributed by atoms with E-state index in [2.05, 4.69) is 30.2 Å². The Morgan fingerprint density at radius 3 is 2.88 bits per heavy atom. The number of aryl methyl sites for hydroxylation is 2. The number of allylic oxidation sites excluding steroid dienone is 1. The number of hydrogen-bond acceptors (Lipinski definition) is 3. The standard InChI is InChI=1S/C14H22N2S/c1-11-12(2)17-14(16-11)10-15-9-8-13-6-4-3-5-7-13/h6,15H,3-5,7-10H2,1-2H3. The maximum absolute atomic E-state index is 4.54. The zero-order valence-electron chi connectivity index (χ0n) is 10.9. The fraction of sp³-hybridized carbons (Fsp3) is 0.643. The van der Waals surface area contributed by atoms with Crippen molar-refractivity contribution < 1.29 is 0 Å². The summed E-state index contributed by atoms with van der Waals surface area (Å²) in [6.07, 6.45) is 9.02. The first-order valence-corrected chi connectivity index (χ1v) is 7.39. The van der Waals surface area contributed by atoms with Crippen LogP contribution in [0.1, 0.15) is 47.7 Å². The lowest BCUT2D eigenvalue weighted by Crippen LogP contribution is -2.15. The summed E-state index contributed by atoms with van der Waals surface area (Å²) >= 11 is 1.81. The van der Waals surface area contributed by atoms with Crippen LogP contribution >= 0.6 is 11.3 Å². The molecule has 1 aliphatic carbocycles. The van der Waals surface area contributed by atoms with Gasteiger partial charge in [-0.05, 0) is 52.5 Å². The maximum atomic E-state index is 4.54. The number of rotatable bonds is 5. The van der Waals surface area contributed by atoms with Crippen molar-refractivity contribution in [2.75, 3.05) is 6.54 Å². The Balaban J connectivity index is 1.67. The molecule has 1 N–H and O–H groups in total. The van der Waals surface area contributed by atoms with E-state index in [-0.39, 0.29) is 0 Å². The summed E-state index contributed by atoms with van der Waals surface area (Å²) in [5.74, 6) is 0. The molecule has 17 heavy (non-hydrogen) atoms. The van der Waals surface area contributed by atoms with Gasteiger partial charge in [0.25, 0.3) is 0 Å². The molecule has 0 unspecified atom stereocenters. The van der Waals surface area contributed by atoms with Crippen LogP contribution in [0.25, 0.3) is 0 Å². The number of nitrogens with one attached hydrogen (secondary N) is 1. The van der Waals surface area contributed by atoms with Crippen LogP contribution in [0.2, 0.25) is 0 Å². The van der Waals surface area contributed by atoms with Crippen molar-refractivity contribution in [2.24, 2.45) is 0 Å². The zero-order valence-corrected chi connectivity index (χ0v) is 11.7. The molecule has 3 heteroatoms. The minimum absolute atomic E-state index is 0.923. The molecule has 1 heterocycles. The van der Waals surface area contributed by atoms with Crippen molar-refractivity contribution in [3.8, 4) is 0 Å². The molecule has 0 fully saturated rings. The lowest BCUT2D eigenvalue weighted by molar-refractivity contribution is 0.631. The Bertz CT molecular complexity index is 373. The van der Waals surface area contributed by atoms with Gasteiger partial charge in [-0.2, -0.15) is 0 Å². The van der Waals surface area contributed by atoms with E-state index < -0.39 is 0 Å². The second-order valence-corrected chi connectivity index (χ2v) is 6.07. The van der Waals surface area contributed by atoms with Crippen LogP contribution in [-0.4, -0.2) is 11.5 Å². The molecule has 2 rings (SSSR count). The van der Waals surface area contributed by atoms with Crippen LogP contribution in [0.5, 0.6) is 0 Å². The van der Waals surface area contributed by atoms with Gasteiger partial charge in [0.05, 0.1) is 5.69 Å². The lowest BCUT2D eigenvalue weighted by atomic mass is 9.97. The van der Waals surface area contributed by atoms with E-state index in [9.17, 15) is 0 Å². The van der Waals surface area contributed by atoms with Crippen molar-refractivity contribution in [3.05, 3.63) is 27.2 Å². The summed E-state index contributed by atoms with van der Waals surface area (Å²) in [4.78, 5) is 5.88. The first-order valence-electron chi connectivity index (χ1n) is 6.57. The maximum Gasteiger partial charge on any atom is 0.107 e. The fourth-order valence-electron chi connectivity index (χ4n) is 2.19. The number of hydrogen-bond donors (Lipinski definition) is 1. The van der Waals surface area contributed by atoms with Gasteiger partial charge in [-0.1, -0.05) is 11.6 Å². The predicted molar refractivity (Wildman–Crippen MR) is 74.5 cm³/mol. The Hall–Kier alpha value is -0.670. The highest BCUT2D eigenvalue weighted by Gasteiger charge is 2.05. The van der Waals surface area contributed by atoms with Crippen LogP contribution in [-0.2, 0) is 6.54 Å². The Labute approximate surface area is 108 Å². The number of aromatic nitrogens is 1. The van der Waals surface area contributed by atoms with Crippen molar-refractivity contribution >= 4 is 11.3 Å². The third-order valence-corrected chi connectivity index (χ3v) is 4.43. The molecular weight excluding hydrogens is 228 g/mol. The molecule has 1 aromatic rings. The van der Waals surface area contributed by atoms with Crippen molar-refractivity contribution in [1.29, 1.82) is 0 Å². The van der Waals surface area contributed by atoms with Crippen molar-refractivity contribution in [2.45, 2.75) is 52.5 Å². The summed E-state index contributed by atoms with van der Waals surface area (Å²) < 4.78 is 0. The molecule has 1 aliphatic rings. The predicted octanol–water partition coefficient (Wildman–Crippen LogP) is 3.74. The highest BCUT2D eigenvalue weighted by Crippen LogP contribution is 2.19. The van der Waals surface area contributed by atoms with E-state index in [1.165, 1.54) is 47.7 Å². The molecule has 0 atom stereocenters. The van der Waals surface area contributed by atoms with E-state index in [4.69, 9.17) is 0 Å². The Morgan fingerprint density at radius 2 is 2.24 bits per heavy atom. The molecule has 94 valence electrons. The van der Waals surface area contributed by atoms with E-state index in [1.807, 2.05) is 11.3 Å². The van der Waals surface area contributed by atoms with Gasteiger partial charge in [0.1, 0.15) is 5.01 Å². The van der Waals surface area contributed by atoms with Crippen molar-refractivity contribution in [1.82, 2.24) is 10.3 Å². The smallest absolute Gasteiger partial charge is 0.107 e. The van der Waals surface area contributed by atoms with E-state index in [0.717, 1.165) is 13.1 Å². The minimum atomic E-state index is 0.923. The summed E-state index contributed by atoms with van der Waals surface area (Å²) in [5, 5.41) is 4.72. The van der Waals surface area contributed by atoms with Gasteiger partial charge >= 0.3 is 0 Å². The van der Waals surface area contributed by atoms with Gasteiger partial charge in [-0.15, -0.1) is 11.3 Å². The van der Waals surface area contributed by atoms with Gasteiger partial charge in [0.15, 0.2) is 0 Å². The monoisotopic (exact) mass is 250 g/mol. The van der Waals surface area contributed by atoms with E-state index >= 15 is 0 Å². The molecular formula is C14H22N2S. The summed E-state index contributed by atoms with van der Waals surface area (Å²) in [5.41, 5.74) is 2.83. The molecule has 0 amide bonds. The Kier molecular flexibility index (Phi) is 4.75. The fourth-order valence-corrected chi connectivity index (χ4v) is 3.09. The second kappa shape index (κ2) is 6.31. The third kappa shape index (κ3) is 3.93. The molecule has 0 bridgehead atoms. The molecule has 0 aromatic carbocycles. The quantitative estimate of drug-likeness (QED) is 0.636. The number of thiazole rings is 1. The van der Waals surface area contributed by atoms with Gasteiger partial charge in [0, 0.05) is 11.4 Å². The average Bonchev–Trinajstić information content (AvgIpc) is 2.66. The molecule has 1 aromatic heterocycles. The number of nitrogens with zero attached hydrogens (tertiary/aromatic N) is 1. The largest absolute Gasteiger partial charge is 0.310 e. The normalized spacial score (nSPS) is 16.0. The lowest BCUT2D eigenvalue weighted by Gasteiger charge is -2.12.